The maximum absolute atomic E-state index is 12.5. The van der Waals surface area contributed by atoms with E-state index in [0.29, 0.717) is 0 Å². The highest BCUT2D eigenvalue weighted by atomic mass is 35.5. The fourth-order valence-electron chi connectivity index (χ4n) is 2.97. The molecule has 0 saturated heterocycles. The second-order valence-electron chi connectivity index (χ2n) is 6.61. The van der Waals surface area contributed by atoms with Crippen LogP contribution in [-0.4, -0.2) is 21.7 Å². The van der Waals surface area contributed by atoms with Gasteiger partial charge in [0.2, 0.25) is 5.91 Å². The van der Waals surface area contributed by atoms with Gasteiger partial charge in [0.05, 0.1) is 11.6 Å². The molecular weight excluding hydrogens is 336 g/mol. The Bertz CT molecular complexity index is 699. The summed E-state index contributed by atoms with van der Waals surface area (Å²) in [6, 6.07) is 9.47. The van der Waals surface area contributed by atoms with Crippen molar-refractivity contribution in [2.45, 2.75) is 46.2 Å². The summed E-state index contributed by atoms with van der Waals surface area (Å²) in [5.74, 6) is -0.302. The molecule has 1 heterocycles. The van der Waals surface area contributed by atoms with Crippen molar-refractivity contribution in [3.63, 3.8) is 0 Å². The molecule has 0 aliphatic heterocycles. The van der Waals surface area contributed by atoms with Crippen molar-refractivity contribution in [3.05, 3.63) is 52.8 Å². The fraction of sp³-hybridized carbons (Fsp3) is 0.474. The standard InChI is InChI=1S/C19H28N4O.ClH/c1-12(11-17-14(3)22-23(5)15(17)4)21-19(24)13(2)18(20)16-9-7-6-8-10-16;/h6-10,12-13,18H,11,20H2,1-5H3,(H,21,24);1H. The zero-order chi connectivity index (χ0) is 17.9. The molecule has 0 radical (unpaired) electrons. The van der Waals surface area contributed by atoms with Crippen LogP contribution in [0.25, 0.3) is 0 Å². The first kappa shape index (κ1) is 21.2. The van der Waals surface area contributed by atoms with Crippen LogP contribution in [0.2, 0.25) is 0 Å². The average Bonchev–Trinajstić information content (AvgIpc) is 2.80. The molecule has 6 heteroatoms. The number of carbonyl (C=O) groups is 1. The predicted molar refractivity (Wildman–Crippen MR) is 104 cm³/mol. The Labute approximate surface area is 156 Å². The molecule has 2 aromatic rings. The SMILES string of the molecule is Cc1nn(C)c(C)c1CC(C)NC(=O)C(C)C(N)c1ccccc1.Cl. The van der Waals surface area contributed by atoms with E-state index in [1.54, 1.807) is 0 Å². The molecule has 0 saturated carbocycles. The monoisotopic (exact) mass is 364 g/mol. The number of aryl methyl sites for hydroxylation is 2. The lowest BCUT2D eigenvalue weighted by atomic mass is 9.94. The summed E-state index contributed by atoms with van der Waals surface area (Å²) < 4.78 is 1.88. The van der Waals surface area contributed by atoms with Gasteiger partial charge in [-0.2, -0.15) is 5.10 Å². The molecule has 0 bridgehead atoms. The first-order valence-corrected chi connectivity index (χ1v) is 8.41. The maximum Gasteiger partial charge on any atom is 0.224 e. The zero-order valence-corrected chi connectivity index (χ0v) is 16.4. The van der Waals surface area contributed by atoms with E-state index in [4.69, 9.17) is 5.73 Å². The Balaban J connectivity index is 0.00000312. The molecule has 3 atom stereocenters. The van der Waals surface area contributed by atoms with Crippen molar-refractivity contribution >= 4 is 18.3 Å². The molecule has 3 N–H and O–H groups in total. The molecule has 25 heavy (non-hydrogen) atoms. The normalized spacial score (nSPS) is 14.3. The Kier molecular flexibility index (Phi) is 7.64. The van der Waals surface area contributed by atoms with Gasteiger partial charge in [0.25, 0.3) is 0 Å². The minimum absolute atomic E-state index is 0. The smallest absolute Gasteiger partial charge is 0.224 e. The minimum Gasteiger partial charge on any atom is -0.353 e. The number of aromatic nitrogens is 2. The van der Waals surface area contributed by atoms with Gasteiger partial charge in [-0.3, -0.25) is 9.48 Å². The molecule has 0 spiro atoms. The molecule has 1 aromatic carbocycles. The van der Waals surface area contributed by atoms with E-state index in [-0.39, 0.29) is 36.3 Å². The van der Waals surface area contributed by atoms with E-state index < -0.39 is 0 Å². The third-order valence-electron chi connectivity index (χ3n) is 4.69. The molecule has 0 aliphatic carbocycles. The summed E-state index contributed by atoms with van der Waals surface area (Å²) >= 11 is 0. The second kappa shape index (κ2) is 9.02. The van der Waals surface area contributed by atoms with Crippen LogP contribution in [0.15, 0.2) is 30.3 Å². The number of hydrogen-bond donors (Lipinski definition) is 2. The van der Waals surface area contributed by atoms with Crippen LogP contribution in [0.3, 0.4) is 0 Å². The summed E-state index contributed by atoms with van der Waals surface area (Å²) in [7, 11) is 1.94. The van der Waals surface area contributed by atoms with Crippen molar-refractivity contribution in [1.82, 2.24) is 15.1 Å². The molecule has 5 nitrogen and oxygen atoms in total. The minimum atomic E-state index is -0.305. The number of hydrogen-bond acceptors (Lipinski definition) is 3. The van der Waals surface area contributed by atoms with Crippen molar-refractivity contribution < 1.29 is 4.79 Å². The topological polar surface area (TPSA) is 72.9 Å². The van der Waals surface area contributed by atoms with Gasteiger partial charge >= 0.3 is 0 Å². The molecule has 1 amide bonds. The number of rotatable bonds is 6. The highest BCUT2D eigenvalue weighted by Gasteiger charge is 2.24. The third-order valence-corrected chi connectivity index (χ3v) is 4.69. The number of halogens is 1. The van der Waals surface area contributed by atoms with E-state index in [9.17, 15) is 4.79 Å². The lowest BCUT2D eigenvalue weighted by Crippen LogP contribution is -2.41. The van der Waals surface area contributed by atoms with Crippen LogP contribution in [0.5, 0.6) is 0 Å². The van der Waals surface area contributed by atoms with Crippen LogP contribution in [-0.2, 0) is 18.3 Å². The number of nitrogens with two attached hydrogens (primary N) is 1. The molecule has 1 aromatic heterocycles. The summed E-state index contributed by atoms with van der Waals surface area (Å²) in [6.45, 7) is 7.95. The second-order valence-corrected chi connectivity index (χ2v) is 6.61. The van der Waals surface area contributed by atoms with E-state index in [1.807, 2.05) is 62.8 Å². The van der Waals surface area contributed by atoms with E-state index in [0.717, 1.165) is 23.4 Å². The van der Waals surface area contributed by atoms with Crippen molar-refractivity contribution in [2.24, 2.45) is 18.7 Å². The average molecular weight is 365 g/mol. The quantitative estimate of drug-likeness (QED) is 0.827. The lowest BCUT2D eigenvalue weighted by Gasteiger charge is -2.22. The van der Waals surface area contributed by atoms with Gasteiger partial charge in [-0.15, -0.1) is 12.4 Å². The van der Waals surface area contributed by atoms with Gasteiger partial charge < -0.3 is 11.1 Å². The lowest BCUT2D eigenvalue weighted by molar-refractivity contribution is -0.125. The summed E-state index contributed by atoms with van der Waals surface area (Å²) in [6.07, 6.45) is 0.768. The molecule has 138 valence electrons. The number of nitrogens with zero attached hydrogens (tertiary/aromatic N) is 2. The fourth-order valence-corrected chi connectivity index (χ4v) is 2.97. The van der Waals surface area contributed by atoms with Gasteiger partial charge in [0, 0.05) is 24.8 Å². The number of amides is 1. The van der Waals surface area contributed by atoms with Gasteiger partial charge in [-0.25, -0.2) is 0 Å². The Morgan fingerprint density at radius 1 is 1.24 bits per heavy atom. The Hall–Kier alpha value is -1.85. The Morgan fingerprint density at radius 3 is 2.36 bits per heavy atom. The van der Waals surface area contributed by atoms with Gasteiger partial charge in [0.1, 0.15) is 0 Å². The zero-order valence-electron chi connectivity index (χ0n) is 15.6. The summed E-state index contributed by atoms with van der Waals surface area (Å²) in [5, 5.41) is 7.52. The van der Waals surface area contributed by atoms with Crippen LogP contribution >= 0.6 is 12.4 Å². The highest BCUT2D eigenvalue weighted by molar-refractivity contribution is 5.85. The van der Waals surface area contributed by atoms with E-state index in [2.05, 4.69) is 17.3 Å². The van der Waals surface area contributed by atoms with E-state index >= 15 is 0 Å². The number of nitrogens with one attached hydrogen (secondary N) is 1. The molecule has 0 fully saturated rings. The largest absolute Gasteiger partial charge is 0.353 e. The predicted octanol–water partition coefficient (Wildman–Crippen LogP) is 2.84. The number of benzene rings is 1. The molecule has 0 aliphatic rings. The van der Waals surface area contributed by atoms with Gasteiger partial charge in [-0.1, -0.05) is 37.3 Å². The third kappa shape index (κ3) is 5.06. The van der Waals surface area contributed by atoms with Crippen molar-refractivity contribution in [2.75, 3.05) is 0 Å². The highest BCUT2D eigenvalue weighted by Crippen LogP contribution is 2.20. The van der Waals surface area contributed by atoms with Crippen LogP contribution in [0, 0.1) is 19.8 Å². The van der Waals surface area contributed by atoms with Gasteiger partial charge in [-0.05, 0) is 38.3 Å². The van der Waals surface area contributed by atoms with Gasteiger partial charge in [0.15, 0.2) is 0 Å². The van der Waals surface area contributed by atoms with Crippen molar-refractivity contribution in [1.29, 1.82) is 0 Å². The van der Waals surface area contributed by atoms with Crippen LogP contribution in [0.4, 0.5) is 0 Å². The summed E-state index contributed by atoms with van der Waals surface area (Å²) in [5.41, 5.74) is 10.6. The maximum atomic E-state index is 12.5. The van der Waals surface area contributed by atoms with Crippen LogP contribution < -0.4 is 11.1 Å². The first-order valence-electron chi connectivity index (χ1n) is 8.41. The number of carbonyl (C=O) groups excluding carboxylic acids is 1. The molecule has 3 unspecified atom stereocenters. The first-order chi connectivity index (χ1) is 11.3. The molecule has 2 rings (SSSR count). The Morgan fingerprint density at radius 2 is 1.84 bits per heavy atom. The van der Waals surface area contributed by atoms with Crippen LogP contribution in [0.1, 0.15) is 42.4 Å². The van der Waals surface area contributed by atoms with E-state index in [1.165, 1.54) is 5.56 Å². The summed E-state index contributed by atoms with van der Waals surface area (Å²) in [4.78, 5) is 12.5. The molecular formula is C19H29ClN4O. The van der Waals surface area contributed by atoms with Crippen molar-refractivity contribution in [3.8, 4) is 0 Å².